The van der Waals surface area contributed by atoms with Crippen molar-refractivity contribution >= 4 is 16.2 Å². The summed E-state index contributed by atoms with van der Waals surface area (Å²) in [6.07, 6.45) is 7.66. The molecule has 0 spiro atoms. The smallest absolute Gasteiger partial charge is 0.306 e. The number of carbonyl (C=O) groups is 1. The SMILES string of the molecule is CN(C1CCCCCC1)S(=O)(=O)N[C@@H]1C[C@H](C(=O)O)[C@H]2C[C@H]21. The van der Waals surface area contributed by atoms with Gasteiger partial charge in [-0.2, -0.15) is 17.4 Å². The zero-order chi connectivity index (χ0) is 15.9. The van der Waals surface area contributed by atoms with Crippen LogP contribution >= 0.6 is 0 Å². The van der Waals surface area contributed by atoms with Gasteiger partial charge in [-0.25, -0.2) is 0 Å². The van der Waals surface area contributed by atoms with Gasteiger partial charge in [0.15, 0.2) is 0 Å². The highest BCUT2D eigenvalue weighted by Crippen LogP contribution is 2.55. The molecule has 3 aliphatic carbocycles. The molecule has 0 amide bonds. The van der Waals surface area contributed by atoms with E-state index in [9.17, 15) is 18.3 Å². The van der Waals surface area contributed by atoms with Gasteiger partial charge in [0.25, 0.3) is 10.2 Å². The zero-order valence-electron chi connectivity index (χ0n) is 13.1. The number of carboxylic acids is 1. The van der Waals surface area contributed by atoms with Gasteiger partial charge in [0.1, 0.15) is 0 Å². The van der Waals surface area contributed by atoms with Gasteiger partial charge in [0, 0.05) is 19.1 Å². The molecule has 3 saturated carbocycles. The Bertz CT molecular complexity index is 528. The molecule has 22 heavy (non-hydrogen) atoms. The molecule has 0 bridgehead atoms. The Hall–Kier alpha value is -0.660. The molecule has 6 nitrogen and oxygen atoms in total. The summed E-state index contributed by atoms with van der Waals surface area (Å²) in [7, 11) is -1.87. The van der Waals surface area contributed by atoms with Crippen molar-refractivity contribution in [3.05, 3.63) is 0 Å². The lowest BCUT2D eigenvalue weighted by molar-refractivity contribution is -0.142. The molecule has 0 aromatic carbocycles. The van der Waals surface area contributed by atoms with Crippen LogP contribution in [0.3, 0.4) is 0 Å². The van der Waals surface area contributed by atoms with E-state index in [1.54, 1.807) is 7.05 Å². The molecule has 3 aliphatic rings. The lowest BCUT2D eigenvalue weighted by Gasteiger charge is -2.28. The van der Waals surface area contributed by atoms with E-state index in [0.29, 0.717) is 6.42 Å². The van der Waals surface area contributed by atoms with Crippen LogP contribution < -0.4 is 4.72 Å². The van der Waals surface area contributed by atoms with Crippen LogP contribution in [0.4, 0.5) is 0 Å². The van der Waals surface area contributed by atoms with Crippen LogP contribution in [0.2, 0.25) is 0 Å². The van der Waals surface area contributed by atoms with Gasteiger partial charge < -0.3 is 5.11 Å². The van der Waals surface area contributed by atoms with E-state index in [-0.39, 0.29) is 29.8 Å². The first kappa shape index (κ1) is 16.2. The number of rotatable bonds is 5. The number of fused-ring (bicyclic) bond motifs is 1. The molecule has 0 radical (unpaired) electrons. The van der Waals surface area contributed by atoms with E-state index in [1.807, 2.05) is 0 Å². The van der Waals surface area contributed by atoms with Crippen LogP contribution in [0.15, 0.2) is 0 Å². The van der Waals surface area contributed by atoms with Crippen molar-refractivity contribution in [1.82, 2.24) is 9.03 Å². The van der Waals surface area contributed by atoms with Gasteiger partial charge in [-0.3, -0.25) is 4.79 Å². The van der Waals surface area contributed by atoms with Crippen molar-refractivity contribution in [1.29, 1.82) is 0 Å². The van der Waals surface area contributed by atoms with Crippen molar-refractivity contribution < 1.29 is 18.3 Å². The molecule has 4 atom stereocenters. The number of hydrogen-bond donors (Lipinski definition) is 2. The quantitative estimate of drug-likeness (QED) is 0.749. The Morgan fingerprint density at radius 2 is 1.73 bits per heavy atom. The average molecular weight is 330 g/mol. The van der Waals surface area contributed by atoms with E-state index in [0.717, 1.165) is 32.1 Å². The first-order chi connectivity index (χ1) is 10.4. The first-order valence-corrected chi connectivity index (χ1v) is 9.82. The molecule has 0 heterocycles. The summed E-state index contributed by atoms with van der Waals surface area (Å²) in [4.78, 5) is 11.2. The van der Waals surface area contributed by atoms with Gasteiger partial charge in [-0.05, 0) is 37.5 Å². The van der Waals surface area contributed by atoms with Crippen molar-refractivity contribution in [2.24, 2.45) is 17.8 Å². The van der Waals surface area contributed by atoms with Crippen molar-refractivity contribution in [3.8, 4) is 0 Å². The largest absolute Gasteiger partial charge is 0.481 e. The number of aliphatic carboxylic acids is 1. The van der Waals surface area contributed by atoms with Gasteiger partial charge >= 0.3 is 5.97 Å². The van der Waals surface area contributed by atoms with Crippen molar-refractivity contribution in [2.75, 3.05) is 7.05 Å². The molecule has 0 saturated heterocycles. The van der Waals surface area contributed by atoms with Gasteiger partial charge in [-0.1, -0.05) is 25.7 Å². The Morgan fingerprint density at radius 3 is 2.27 bits per heavy atom. The molecule has 0 aromatic rings. The molecule has 126 valence electrons. The number of hydrogen-bond acceptors (Lipinski definition) is 3. The third-order valence-electron chi connectivity index (χ3n) is 5.77. The van der Waals surface area contributed by atoms with E-state index < -0.39 is 16.2 Å². The van der Waals surface area contributed by atoms with Crippen molar-refractivity contribution in [2.45, 2.75) is 63.5 Å². The summed E-state index contributed by atoms with van der Waals surface area (Å²) in [5.74, 6) is -0.765. The van der Waals surface area contributed by atoms with Crippen LogP contribution in [0.25, 0.3) is 0 Å². The highest BCUT2D eigenvalue weighted by atomic mass is 32.2. The number of carboxylic acid groups (broad SMARTS) is 1. The number of nitrogens with one attached hydrogen (secondary N) is 1. The summed E-state index contributed by atoms with van der Waals surface area (Å²) >= 11 is 0. The average Bonchev–Trinajstić information content (AvgIpc) is 3.21. The molecule has 0 unspecified atom stereocenters. The fraction of sp³-hybridized carbons (Fsp3) is 0.933. The lowest BCUT2D eigenvalue weighted by Crippen LogP contribution is -2.48. The number of nitrogens with zero attached hydrogens (tertiary/aromatic N) is 1. The maximum Gasteiger partial charge on any atom is 0.306 e. The fourth-order valence-electron chi connectivity index (χ4n) is 4.30. The molecular weight excluding hydrogens is 304 g/mol. The fourth-order valence-corrected chi connectivity index (χ4v) is 5.72. The Balaban J connectivity index is 1.62. The zero-order valence-corrected chi connectivity index (χ0v) is 13.9. The Labute approximate surface area is 132 Å². The summed E-state index contributed by atoms with van der Waals surface area (Å²) in [5.41, 5.74) is 0. The van der Waals surface area contributed by atoms with E-state index in [1.165, 1.54) is 17.1 Å². The second-order valence-corrected chi connectivity index (χ2v) is 8.90. The highest BCUT2D eigenvalue weighted by Gasteiger charge is 2.57. The maximum atomic E-state index is 12.6. The van der Waals surface area contributed by atoms with Crippen LogP contribution in [-0.2, 0) is 15.0 Å². The second-order valence-electron chi connectivity index (χ2n) is 7.13. The molecule has 0 aromatic heterocycles. The maximum absolute atomic E-state index is 12.6. The Morgan fingerprint density at radius 1 is 1.09 bits per heavy atom. The Kier molecular flexibility index (Phi) is 4.49. The van der Waals surface area contributed by atoms with Crippen LogP contribution in [0, 0.1) is 17.8 Å². The molecule has 3 fully saturated rings. The van der Waals surface area contributed by atoms with Crippen molar-refractivity contribution in [3.63, 3.8) is 0 Å². The third-order valence-corrected chi connectivity index (χ3v) is 7.43. The summed E-state index contributed by atoms with van der Waals surface area (Å²) in [6.45, 7) is 0. The normalized spacial score (nSPS) is 36.1. The molecule has 7 heteroatoms. The molecular formula is C15H26N2O4S. The van der Waals surface area contributed by atoms with Crippen LogP contribution in [0.1, 0.15) is 51.4 Å². The highest BCUT2D eigenvalue weighted by molar-refractivity contribution is 7.87. The van der Waals surface area contributed by atoms with Gasteiger partial charge in [0.2, 0.25) is 0 Å². The van der Waals surface area contributed by atoms with Gasteiger partial charge in [-0.15, -0.1) is 0 Å². The lowest BCUT2D eigenvalue weighted by atomic mass is 10.0. The minimum atomic E-state index is -3.52. The first-order valence-electron chi connectivity index (χ1n) is 8.38. The third kappa shape index (κ3) is 3.16. The second kappa shape index (κ2) is 6.09. The van der Waals surface area contributed by atoms with Crippen LogP contribution in [-0.4, -0.2) is 42.9 Å². The standard InChI is InChI=1S/C15H26N2O4S/c1-17(10-6-4-2-3-5-7-10)22(20,21)16-14-9-13(15(18)19)11-8-12(11)14/h10-14,16H,2-9H2,1H3,(H,18,19)/t11-,12+,13-,14+/m0/s1. The molecule has 2 N–H and O–H groups in total. The van der Waals surface area contributed by atoms with E-state index in [2.05, 4.69) is 4.72 Å². The predicted molar refractivity (Wildman–Crippen MR) is 82.4 cm³/mol. The van der Waals surface area contributed by atoms with E-state index >= 15 is 0 Å². The van der Waals surface area contributed by atoms with E-state index in [4.69, 9.17) is 0 Å². The minimum Gasteiger partial charge on any atom is -0.481 e. The summed E-state index contributed by atoms with van der Waals surface area (Å²) in [6, 6.07) is -0.129. The molecule has 3 rings (SSSR count). The molecule has 0 aliphatic heterocycles. The topological polar surface area (TPSA) is 86.7 Å². The van der Waals surface area contributed by atoms with Crippen LogP contribution in [0.5, 0.6) is 0 Å². The monoisotopic (exact) mass is 330 g/mol. The summed E-state index contributed by atoms with van der Waals surface area (Å²) in [5, 5.41) is 9.18. The van der Waals surface area contributed by atoms with Gasteiger partial charge in [0.05, 0.1) is 5.92 Å². The summed E-state index contributed by atoms with van der Waals surface area (Å²) < 4.78 is 29.5. The predicted octanol–water partition coefficient (Wildman–Crippen LogP) is 1.58. The minimum absolute atomic E-state index is 0.0756.